The summed E-state index contributed by atoms with van der Waals surface area (Å²) in [5.74, 6) is -2.90. The van der Waals surface area contributed by atoms with Gasteiger partial charge in [-0.05, 0) is 62.4 Å². The van der Waals surface area contributed by atoms with Gasteiger partial charge in [-0.25, -0.2) is 4.79 Å². The maximum Gasteiger partial charge on any atom is 0.326 e. The highest BCUT2D eigenvalue weighted by Gasteiger charge is 2.31. The molecule has 238 valence electrons. The molecule has 0 bridgehead atoms. The van der Waals surface area contributed by atoms with Crippen molar-refractivity contribution in [2.24, 2.45) is 17.2 Å². The topological polar surface area (TPSA) is 218 Å². The molecular formula is C32H45N7O5. The van der Waals surface area contributed by atoms with Crippen LogP contribution in [-0.4, -0.2) is 71.0 Å². The van der Waals surface area contributed by atoms with Gasteiger partial charge in [0.2, 0.25) is 17.7 Å². The van der Waals surface area contributed by atoms with Crippen molar-refractivity contribution in [3.63, 3.8) is 0 Å². The Kier molecular flexibility index (Phi) is 13.8. The van der Waals surface area contributed by atoms with Gasteiger partial charge in [-0.1, -0.05) is 55.0 Å². The van der Waals surface area contributed by atoms with E-state index in [4.69, 9.17) is 17.2 Å². The van der Waals surface area contributed by atoms with Crippen LogP contribution in [0.2, 0.25) is 0 Å². The van der Waals surface area contributed by atoms with Crippen molar-refractivity contribution in [3.05, 3.63) is 71.9 Å². The lowest BCUT2D eigenvalue weighted by Gasteiger charge is -2.25. The summed E-state index contributed by atoms with van der Waals surface area (Å²) in [7, 11) is 0. The van der Waals surface area contributed by atoms with E-state index < -0.39 is 47.9 Å². The minimum Gasteiger partial charge on any atom is -0.480 e. The Labute approximate surface area is 257 Å². The van der Waals surface area contributed by atoms with Gasteiger partial charge in [-0.3, -0.25) is 14.4 Å². The third kappa shape index (κ3) is 10.5. The van der Waals surface area contributed by atoms with Crippen molar-refractivity contribution < 1.29 is 24.3 Å². The van der Waals surface area contributed by atoms with Gasteiger partial charge in [0.05, 0.1) is 6.04 Å². The second-order valence-electron chi connectivity index (χ2n) is 11.0. The first-order valence-corrected chi connectivity index (χ1v) is 15.1. The van der Waals surface area contributed by atoms with E-state index in [0.717, 1.165) is 28.5 Å². The minimum atomic E-state index is -1.17. The van der Waals surface area contributed by atoms with E-state index in [2.05, 4.69) is 20.9 Å². The third-order valence-electron chi connectivity index (χ3n) is 7.52. The van der Waals surface area contributed by atoms with Gasteiger partial charge in [0.25, 0.3) is 0 Å². The second kappa shape index (κ2) is 17.8. The maximum absolute atomic E-state index is 13.9. The van der Waals surface area contributed by atoms with Gasteiger partial charge in [-0.2, -0.15) is 0 Å². The van der Waals surface area contributed by atoms with Crippen LogP contribution in [0.15, 0.2) is 60.8 Å². The van der Waals surface area contributed by atoms with E-state index in [-0.39, 0.29) is 19.3 Å². The van der Waals surface area contributed by atoms with Gasteiger partial charge in [0.15, 0.2) is 0 Å². The van der Waals surface area contributed by atoms with Crippen LogP contribution in [-0.2, 0) is 32.0 Å². The number of unbranched alkanes of at least 4 members (excludes halogenated alkanes) is 2. The fraction of sp³-hybridized carbons (Fsp3) is 0.438. The van der Waals surface area contributed by atoms with Crippen molar-refractivity contribution in [2.45, 2.75) is 75.5 Å². The molecule has 3 amide bonds. The summed E-state index contributed by atoms with van der Waals surface area (Å²) in [5.41, 5.74) is 19.7. The molecule has 1 heterocycles. The number of hydrogen-bond donors (Lipinski definition) is 8. The summed E-state index contributed by atoms with van der Waals surface area (Å²) >= 11 is 0. The summed E-state index contributed by atoms with van der Waals surface area (Å²) in [5, 5.41) is 18.8. The van der Waals surface area contributed by atoms with E-state index >= 15 is 0 Å². The Balaban J connectivity index is 1.85. The van der Waals surface area contributed by atoms with Crippen LogP contribution < -0.4 is 33.2 Å². The monoisotopic (exact) mass is 607 g/mol. The molecule has 12 heteroatoms. The van der Waals surface area contributed by atoms with E-state index in [1.54, 1.807) is 6.20 Å². The van der Waals surface area contributed by atoms with Crippen LogP contribution in [0.25, 0.3) is 10.9 Å². The number of carbonyl (C=O) groups is 4. The summed E-state index contributed by atoms with van der Waals surface area (Å²) in [6.45, 7) is 0.897. The molecule has 4 unspecified atom stereocenters. The highest BCUT2D eigenvalue weighted by atomic mass is 16.4. The largest absolute Gasteiger partial charge is 0.480 e. The molecule has 2 aromatic carbocycles. The predicted octanol–water partition coefficient (Wildman–Crippen LogP) is 1.08. The summed E-state index contributed by atoms with van der Waals surface area (Å²) in [6.07, 6.45) is 5.16. The number of fused-ring (bicyclic) bond motifs is 1. The predicted molar refractivity (Wildman–Crippen MR) is 169 cm³/mol. The highest BCUT2D eigenvalue weighted by Crippen LogP contribution is 2.19. The fourth-order valence-corrected chi connectivity index (χ4v) is 5.00. The van der Waals surface area contributed by atoms with Crippen LogP contribution in [0.3, 0.4) is 0 Å². The van der Waals surface area contributed by atoms with Crippen LogP contribution >= 0.6 is 0 Å². The number of carbonyl (C=O) groups excluding carboxylic acids is 3. The Bertz CT molecular complexity index is 1360. The van der Waals surface area contributed by atoms with Gasteiger partial charge in [-0.15, -0.1) is 0 Å². The number of aromatic amines is 1. The molecule has 0 aliphatic carbocycles. The van der Waals surface area contributed by atoms with Crippen molar-refractivity contribution in [1.29, 1.82) is 0 Å². The number of nitrogens with one attached hydrogen (secondary N) is 4. The summed E-state index contributed by atoms with van der Waals surface area (Å²) in [6, 6.07) is 12.5. The number of H-pyrrole nitrogens is 1. The molecule has 3 aromatic rings. The standard InChI is InChI=1S/C32H45N7O5/c33-16-8-6-13-24(35)29(40)38-28(19-22-20-36-25-14-5-4-12-23(22)25)31(42)39-27(18-21-10-2-1-3-11-21)30(41)37-26(32(43)44)15-7-9-17-34/h1-5,10-12,14,20,24,26-28,36H,6-9,13,15-19,33-35H2,(H,37,41)(H,38,40)(H,39,42)(H,43,44). The first-order valence-electron chi connectivity index (χ1n) is 15.1. The van der Waals surface area contributed by atoms with Crippen LogP contribution in [0.1, 0.15) is 49.7 Å². The van der Waals surface area contributed by atoms with Gasteiger partial charge in [0.1, 0.15) is 18.1 Å². The zero-order valence-electron chi connectivity index (χ0n) is 25.0. The molecule has 0 radical (unpaired) electrons. The molecule has 3 rings (SSSR count). The fourth-order valence-electron chi connectivity index (χ4n) is 5.00. The number of amides is 3. The lowest BCUT2D eigenvalue weighted by molar-refractivity contribution is -0.142. The molecule has 12 nitrogen and oxygen atoms in total. The van der Waals surface area contributed by atoms with E-state index in [0.29, 0.717) is 38.8 Å². The Morgan fingerprint density at radius 3 is 1.93 bits per heavy atom. The zero-order chi connectivity index (χ0) is 31.9. The van der Waals surface area contributed by atoms with Gasteiger partial charge in [0, 0.05) is 29.9 Å². The number of aliphatic carboxylic acids is 1. The third-order valence-corrected chi connectivity index (χ3v) is 7.52. The molecule has 0 spiro atoms. The minimum absolute atomic E-state index is 0.111. The SMILES string of the molecule is NCCCCC(N)C(=O)NC(Cc1c[nH]c2ccccc12)C(=O)NC(Cc1ccccc1)C(=O)NC(CCCCN)C(=O)O. The van der Waals surface area contributed by atoms with Crippen molar-refractivity contribution in [3.8, 4) is 0 Å². The van der Waals surface area contributed by atoms with Gasteiger partial charge >= 0.3 is 5.97 Å². The molecule has 11 N–H and O–H groups in total. The lowest BCUT2D eigenvalue weighted by atomic mass is 10.0. The second-order valence-corrected chi connectivity index (χ2v) is 11.0. The number of benzene rings is 2. The number of para-hydroxylation sites is 1. The van der Waals surface area contributed by atoms with E-state index in [1.165, 1.54) is 0 Å². The van der Waals surface area contributed by atoms with Crippen molar-refractivity contribution in [1.82, 2.24) is 20.9 Å². The molecule has 1 aromatic heterocycles. The molecule has 0 aliphatic rings. The molecule has 44 heavy (non-hydrogen) atoms. The van der Waals surface area contributed by atoms with Crippen LogP contribution in [0, 0.1) is 0 Å². The quantitative estimate of drug-likeness (QED) is 0.0920. The Morgan fingerprint density at radius 2 is 1.27 bits per heavy atom. The smallest absolute Gasteiger partial charge is 0.326 e. The number of hydrogen-bond acceptors (Lipinski definition) is 7. The first kappa shape index (κ1) is 34.2. The zero-order valence-corrected chi connectivity index (χ0v) is 25.0. The summed E-state index contributed by atoms with van der Waals surface area (Å²) < 4.78 is 0. The average molecular weight is 608 g/mol. The molecule has 0 fully saturated rings. The molecule has 0 saturated carbocycles. The lowest BCUT2D eigenvalue weighted by Crippen LogP contribution is -2.58. The number of aromatic nitrogens is 1. The van der Waals surface area contributed by atoms with Crippen molar-refractivity contribution in [2.75, 3.05) is 13.1 Å². The average Bonchev–Trinajstić information content (AvgIpc) is 3.43. The Hall–Kier alpha value is -4.26. The molecular weight excluding hydrogens is 562 g/mol. The molecule has 0 saturated heterocycles. The molecule has 0 aliphatic heterocycles. The molecule has 4 atom stereocenters. The number of carboxylic acid groups (broad SMARTS) is 1. The van der Waals surface area contributed by atoms with E-state index in [1.807, 2.05) is 54.6 Å². The normalized spacial score (nSPS) is 13.9. The number of nitrogens with two attached hydrogens (primary N) is 3. The number of carboxylic acids is 1. The summed E-state index contributed by atoms with van der Waals surface area (Å²) in [4.78, 5) is 55.5. The number of rotatable bonds is 19. The van der Waals surface area contributed by atoms with Crippen LogP contribution in [0.4, 0.5) is 0 Å². The first-order chi connectivity index (χ1) is 21.2. The maximum atomic E-state index is 13.9. The highest BCUT2D eigenvalue weighted by molar-refractivity contribution is 5.95. The van der Waals surface area contributed by atoms with Crippen LogP contribution in [0.5, 0.6) is 0 Å². The Morgan fingerprint density at radius 1 is 0.705 bits per heavy atom. The van der Waals surface area contributed by atoms with Gasteiger partial charge < -0.3 is 43.2 Å². The van der Waals surface area contributed by atoms with Crippen molar-refractivity contribution >= 4 is 34.6 Å². The van der Waals surface area contributed by atoms with E-state index in [9.17, 15) is 24.3 Å².